The zero-order chi connectivity index (χ0) is 12.8. The lowest BCUT2D eigenvalue weighted by Gasteiger charge is -2.14. The normalized spacial score (nSPS) is 15.9. The van der Waals surface area contributed by atoms with Crippen molar-refractivity contribution >= 4 is 16.7 Å². The van der Waals surface area contributed by atoms with E-state index < -0.39 is 16.8 Å². The van der Waals surface area contributed by atoms with Crippen LogP contribution in [0.3, 0.4) is 0 Å². The van der Waals surface area contributed by atoms with Crippen LogP contribution in [0, 0.1) is 0 Å². The molecule has 0 fully saturated rings. The van der Waals surface area contributed by atoms with E-state index in [-0.39, 0.29) is 11.2 Å². The van der Waals surface area contributed by atoms with Crippen molar-refractivity contribution in [2.75, 3.05) is 12.8 Å². The number of amides is 1. The summed E-state index contributed by atoms with van der Waals surface area (Å²) in [5, 5.41) is 2.64. The Balaban J connectivity index is 2.51. The molecule has 0 aliphatic heterocycles. The Morgan fingerprint density at radius 3 is 2.53 bits per heavy atom. The molecule has 4 nitrogen and oxygen atoms in total. The third kappa shape index (κ3) is 4.28. The highest BCUT2D eigenvalue weighted by Gasteiger charge is 2.16. The van der Waals surface area contributed by atoms with E-state index in [1.165, 1.54) is 0 Å². The van der Waals surface area contributed by atoms with Crippen LogP contribution in [-0.2, 0) is 15.6 Å². The van der Waals surface area contributed by atoms with Gasteiger partial charge in [0, 0.05) is 28.9 Å². The second-order valence-electron chi connectivity index (χ2n) is 3.94. The van der Waals surface area contributed by atoms with Crippen LogP contribution in [0.25, 0.3) is 0 Å². The summed E-state index contributed by atoms with van der Waals surface area (Å²) in [4.78, 5) is 11.7. The van der Waals surface area contributed by atoms with E-state index in [0.29, 0.717) is 6.54 Å². The van der Waals surface area contributed by atoms with Crippen molar-refractivity contribution in [3.63, 3.8) is 0 Å². The van der Waals surface area contributed by atoms with Gasteiger partial charge >= 0.3 is 0 Å². The summed E-state index contributed by atoms with van der Waals surface area (Å²) in [6.07, 6.45) is 1.62. The van der Waals surface area contributed by atoms with Gasteiger partial charge in [-0.1, -0.05) is 30.3 Å². The molecule has 0 bridgehead atoms. The van der Waals surface area contributed by atoms with E-state index in [0.717, 1.165) is 5.56 Å². The van der Waals surface area contributed by atoms with Crippen LogP contribution in [0.2, 0.25) is 0 Å². The van der Waals surface area contributed by atoms with Gasteiger partial charge in [-0.15, -0.1) is 0 Å². The fraction of sp³-hybridized carbons (Fsp3) is 0.417. The molecule has 17 heavy (non-hydrogen) atoms. The van der Waals surface area contributed by atoms with Gasteiger partial charge < -0.3 is 11.1 Å². The zero-order valence-electron chi connectivity index (χ0n) is 10.1. The molecule has 3 unspecified atom stereocenters. The van der Waals surface area contributed by atoms with Crippen LogP contribution >= 0.6 is 0 Å². The molecule has 0 heterocycles. The fourth-order valence-electron chi connectivity index (χ4n) is 1.28. The van der Waals surface area contributed by atoms with Crippen LogP contribution in [0.4, 0.5) is 0 Å². The van der Waals surface area contributed by atoms with E-state index in [2.05, 4.69) is 5.32 Å². The Bertz CT molecular complexity index is 395. The molecular formula is C12H18N2O2S. The molecule has 5 heteroatoms. The average molecular weight is 254 g/mol. The second-order valence-corrected chi connectivity index (χ2v) is 5.74. The molecule has 1 rings (SSSR count). The summed E-state index contributed by atoms with van der Waals surface area (Å²) in [5.41, 5.74) is 6.59. The van der Waals surface area contributed by atoms with E-state index in [4.69, 9.17) is 5.73 Å². The predicted octanol–water partition coefficient (Wildman–Crippen LogP) is 0.570. The Morgan fingerprint density at radius 1 is 1.41 bits per heavy atom. The van der Waals surface area contributed by atoms with E-state index >= 15 is 0 Å². The first-order valence-electron chi connectivity index (χ1n) is 5.43. The van der Waals surface area contributed by atoms with Crippen LogP contribution in [0.15, 0.2) is 30.3 Å². The van der Waals surface area contributed by atoms with Crippen LogP contribution < -0.4 is 11.1 Å². The molecule has 1 amide bonds. The molecule has 0 saturated heterocycles. The van der Waals surface area contributed by atoms with Crippen LogP contribution in [0.5, 0.6) is 0 Å². The Hall–Kier alpha value is -1.20. The van der Waals surface area contributed by atoms with Crippen molar-refractivity contribution in [1.29, 1.82) is 0 Å². The van der Waals surface area contributed by atoms with Gasteiger partial charge in [0.05, 0.1) is 0 Å². The van der Waals surface area contributed by atoms with Gasteiger partial charge in [0.2, 0.25) is 5.91 Å². The highest BCUT2D eigenvalue weighted by atomic mass is 32.2. The molecule has 3 N–H and O–H groups in total. The molecule has 1 aromatic rings. The summed E-state index contributed by atoms with van der Waals surface area (Å²) < 4.78 is 11.1. The van der Waals surface area contributed by atoms with E-state index in [1.54, 1.807) is 6.26 Å². The number of hydrogen-bond acceptors (Lipinski definition) is 3. The Kier molecular flexibility index (Phi) is 5.31. The number of rotatable bonds is 5. The molecule has 0 saturated carbocycles. The lowest BCUT2D eigenvalue weighted by Crippen LogP contribution is -2.38. The van der Waals surface area contributed by atoms with E-state index in [9.17, 15) is 9.00 Å². The zero-order valence-corrected chi connectivity index (χ0v) is 10.9. The number of benzene rings is 1. The highest BCUT2D eigenvalue weighted by Crippen LogP contribution is 2.09. The number of hydrogen-bond donors (Lipinski definition) is 2. The molecule has 0 aromatic heterocycles. The summed E-state index contributed by atoms with van der Waals surface area (Å²) in [6, 6.07) is 8.50. The first-order chi connectivity index (χ1) is 8.02. The first kappa shape index (κ1) is 13.9. The summed E-state index contributed by atoms with van der Waals surface area (Å²) in [5.74, 6) is -0.242. The van der Waals surface area contributed by atoms with Crippen molar-refractivity contribution < 1.29 is 9.00 Å². The topological polar surface area (TPSA) is 72.2 Å². The molecule has 0 radical (unpaired) electrons. The minimum absolute atomic E-state index is 0.0677. The standard InChI is InChI=1S/C12H18N2O2S/c1-9(17(2)16)8-14-12(15)11(13)10-6-4-3-5-7-10/h3-7,9,11H,8,13H2,1-2H3,(H,14,15). The van der Waals surface area contributed by atoms with Gasteiger partial charge in [-0.25, -0.2) is 0 Å². The van der Waals surface area contributed by atoms with Crippen LogP contribution in [0.1, 0.15) is 18.5 Å². The fourth-order valence-corrected chi connectivity index (χ4v) is 1.60. The molecule has 94 valence electrons. The maximum Gasteiger partial charge on any atom is 0.241 e. The number of nitrogens with two attached hydrogens (primary N) is 1. The molecule has 0 aliphatic rings. The third-order valence-corrected chi connectivity index (χ3v) is 3.87. The van der Waals surface area contributed by atoms with Gasteiger partial charge in [-0.05, 0) is 12.5 Å². The predicted molar refractivity (Wildman–Crippen MR) is 69.9 cm³/mol. The van der Waals surface area contributed by atoms with Crippen molar-refractivity contribution in [2.24, 2.45) is 5.73 Å². The average Bonchev–Trinajstić information content (AvgIpc) is 2.35. The maximum atomic E-state index is 11.7. The van der Waals surface area contributed by atoms with E-state index in [1.807, 2.05) is 37.3 Å². The van der Waals surface area contributed by atoms with Gasteiger partial charge in [0.1, 0.15) is 6.04 Å². The van der Waals surface area contributed by atoms with Gasteiger partial charge in [0.15, 0.2) is 0 Å². The minimum Gasteiger partial charge on any atom is -0.353 e. The minimum atomic E-state index is -0.940. The van der Waals surface area contributed by atoms with Gasteiger partial charge in [-0.3, -0.25) is 9.00 Å². The Morgan fingerprint density at radius 2 is 2.00 bits per heavy atom. The maximum absolute atomic E-state index is 11.7. The Labute approximate surface area is 104 Å². The lowest BCUT2D eigenvalue weighted by atomic mass is 10.1. The molecule has 3 atom stereocenters. The number of nitrogens with one attached hydrogen (secondary N) is 1. The summed E-state index contributed by atoms with van der Waals surface area (Å²) in [6.45, 7) is 2.20. The smallest absolute Gasteiger partial charge is 0.241 e. The molecule has 0 aliphatic carbocycles. The highest BCUT2D eigenvalue weighted by molar-refractivity contribution is 7.84. The summed E-state index contributed by atoms with van der Waals surface area (Å²) in [7, 11) is -0.940. The number of carbonyl (C=O) groups excluding carboxylic acids is 1. The van der Waals surface area contributed by atoms with Crippen LogP contribution in [-0.4, -0.2) is 28.2 Å². The lowest BCUT2D eigenvalue weighted by molar-refractivity contribution is -0.122. The molecule has 1 aromatic carbocycles. The monoisotopic (exact) mass is 254 g/mol. The first-order valence-corrected chi connectivity index (χ1v) is 7.05. The van der Waals surface area contributed by atoms with Crippen molar-refractivity contribution in [3.8, 4) is 0 Å². The third-order valence-electron chi connectivity index (χ3n) is 2.57. The van der Waals surface area contributed by atoms with Gasteiger partial charge in [-0.2, -0.15) is 0 Å². The largest absolute Gasteiger partial charge is 0.353 e. The number of carbonyl (C=O) groups is 1. The molecule has 0 spiro atoms. The quantitative estimate of drug-likeness (QED) is 0.807. The second kappa shape index (κ2) is 6.51. The van der Waals surface area contributed by atoms with Crippen molar-refractivity contribution in [3.05, 3.63) is 35.9 Å². The molecular weight excluding hydrogens is 236 g/mol. The summed E-state index contributed by atoms with van der Waals surface area (Å²) >= 11 is 0. The van der Waals surface area contributed by atoms with Crippen molar-refractivity contribution in [2.45, 2.75) is 18.2 Å². The SMILES string of the molecule is CC(CNC(=O)C(N)c1ccccc1)S(C)=O. The van der Waals surface area contributed by atoms with Gasteiger partial charge in [0.25, 0.3) is 0 Å². The van der Waals surface area contributed by atoms with Crippen molar-refractivity contribution in [1.82, 2.24) is 5.32 Å².